The van der Waals surface area contributed by atoms with E-state index in [1.165, 1.54) is 5.56 Å². The van der Waals surface area contributed by atoms with Gasteiger partial charge in [0.1, 0.15) is 11.1 Å². The van der Waals surface area contributed by atoms with E-state index in [1.54, 1.807) is 18.9 Å². The Kier molecular flexibility index (Phi) is 6.60. The van der Waals surface area contributed by atoms with Crippen LogP contribution in [0.1, 0.15) is 28.5 Å². The molecule has 0 fully saturated rings. The van der Waals surface area contributed by atoms with Crippen LogP contribution in [0.15, 0.2) is 47.5 Å². The third-order valence-corrected chi connectivity index (χ3v) is 4.73. The fourth-order valence-electron chi connectivity index (χ4n) is 2.32. The van der Waals surface area contributed by atoms with Crippen molar-refractivity contribution in [2.75, 3.05) is 13.7 Å². The number of thioether (sulfide) groups is 1. The number of aromatic nitrogens is 1. The number of nitriles is 1. The number of hydrogen-bond acceptors (Lipinski definition) is 5. The summed E-state index contributed by atoms with van der Waals surface area (Å²) in [7, 11) is 1.65. The van der Waals surface area contributed by atoms with Crippen molar-refractivity contribution < 1.29 is 4.74 Å². The molecule has 2 N–H and O–H groups in total. The molecule has 0 radical (unpaired) electrons. The average molecular weight is 327 g/mol. The molecule has 1 aromatic heterocycles. The van der Waals surface area contributed by atoms with Crippen molar-refractivity contribution >= 4 is 11.8 Å². The molecule has 0 aliphatic carbocycles. The van der Waals surface area contributed by atoms with Crippen LogP contribution in [-0.4, -0.2) is 24.7 Å². The van der Waals surface area contributed by atoms with Crippen molar-refractivity contribution in [1.29, 1.82) is 5.26 Å². The third-order valence-electron chi connectivity index (χ3n) is 3.44. The minimum absolute atomic E-state index is 0.0620. The van der Waals surface area contributed by atoms with Crippen LogP contribution in [-0.2, 0) is 4.74 Å². The van der Waals surface area contributed by atoms with E-state index in [-0.39, 0.29) is 11.3 Å². The van der Waals surface area contributed by atoms with Crippen molar-refractivity contribution in [2.24, 2.45) is 5.73 Å². The Bertz CT molecular complexity index is 670. The largest absolute Gasteiger partial charge is 0.383 e. The van der Waals surface area contributed by atoms with Crippen LogP contribution in [0.2, 0.25) is 0 Å². The number of aryl methyl sites for hydroxylation is 1. The molecule has 2 atom stereocenters. The van der Waals surface area contributed by atoms with Gasteiger partial charge in [-0.25, -0.2) is 4.98 Å². The Hall–Kier alpha value is -1.87. The van der Waals surface area contributed by atoms with E-state index < -0.39 is 0 Å². The summed E-state index contributed by atoms with van der Waals surface area (Å²) in [6.45, 7) is 2.44. The number of rotatable bonds is 7. The van der Waals surface area contributed by atoms with Gasteiger partial charge >= 0.3 is 0 Å². The summed E-state index contributed by atoms with van der Waals surface area (Å²) in [4.78, 5) is 4.53. The molecule has 0 amide bonds. The van der Waals surface area contributed by atoms with E-state index in [9.17, 15) is 5.26 Å². The fraction of sp³-hybridized carbons (Fsp3) is 0.333. The monoisotopic (exact) mass is 327 g/mol. The van der Waals surface area contributed by atoms with Gasteiger partial charge in [-0.05, 0) is 31.0 Å². The first-order valence-electron chi connectivity index (χ1n) is 7.48. The van der Waals surface area contributed by atoms with E-state index in [2.05, 4.69) is 23.2 Å². The number of ether oxygens (including phenoxy) is 1. The second-order valence-corrected chi connectivity index (χ2v) is 6.58. The highest BCUT2D eigenvalue weighted by molar-refractivity contribution is 7.99. The van der Waals surface area contributed by atoms with Crippen LogP contribution in [0.3, 0.4) is 0 Å². The van der Waals surface area contributed by atoms with Gasteiger partial charge in [-0.2, -0.15) is 5.26 Å². The summed E-state index contributed by atoms with van der Waals surface area (Å²) >= 11 is 1.59. The maximum atomic E-state index is 9.31. The summed E-state index contributed by atoms with van der Waals surface area (Å²) in [5.74, 6) is 0. The topological polar surface area (TPSA) is 71.9 Å². The van der Waals surface area contributed by atoms with E-state index in [0.29, 0.717) is 12.2 Å². The van der Waals surface area contributed by atoms with Crippen LogP contribution < -0.4 is 5.73 Å². The van der Waals surface area contributed by atoms with E-state index in [4.69, 9.17) is 10.5 Å². The minimum Gasteiger partial charge on any atom is -0.383 e. The smallest absolute Gasteiger partial charge is 0.115 e. The molecule has 1 aromatic carbocycles. The van der Waals surface area contributed by atoms with Crippen LogP contribution in [0.5, 0.6) is 0 Å². The zero-order chi connectivity index (χ0) is 16.7. The fourth-order valence-corrected chi connectivity index (χ4v) is 3.66. The maximum absolute atomic E-state index is 9.31. The van der Waals surface area contributed by atoms with Gasteiger partial charge in [-0.3, -0.25) is 0 Å². The van der Waals surface area contributed by atoms with Crippen molar-refractivity contribution in [3.05, 3.63) is 59.3 Å². The molecule has 0 bridgehead atoms. The first-order chi connectivity index (χ1) is 11.1. The predicted octanol–water partition coefficient (Wildman–Crippen LogP) is 3.46. The Morgan fingerprint density at radius 1 is 1.26 bits per heavy atom. The normalized spacial score (nSPS) is 13.3. The summed E-state index contributed by atoms with van der Waals surface area (Å²) in [5.41, 5.74) is 8.83. The van der Waals surface area contributed by atoms with Gasteiger partial charge in [-0.15, -0.1) is 0 Å². The van der Waals surface area contributed by atoms with E-state index in [0.717, 1.165) is 17.1 Å². The highest BCUT2D eigenvalue weighted by Crippen LogP contribution is 2.38. The van der Waals surface area contributed by atoms with Gasteiger partial charge < -0.3 is 10.5 Å². The minimum atomic E-state index is -0.0620. The molecule has 0 aliphatic rings. The molecular formula is C18H21N3OS. The number of hydrogen-bond donors (Lipinski definition) is 1. The molecule has 4 nitrogen and oxygen atoms in total. The Morgan fingerprint density at radius 2 is 2.00 bits per heavy atom. The Morgan fingerprint density at radius 3 is 2.65 bits per heavy atom. The van der Waals surface area contributed by atoms with Gasteiger partial charge in [0.2, 0.25) is 0 Å². The summed E-state index contributed by atoms with van der Waals surface area (Å²) in [5, 5.41) is 10.2. The average Bonchev–Trinajstić information content (AvgIpc) is 2.55. The van der Waals surface area contributed by atoms with Gasteiger partial charge in [0.25, 0.3) is 0 Å². The molecule has 0 saturated carbocycles. The highest BCUT2D eigenvalue weighted by Gasteiger charge is 2.19. The summed E-state index contributed by atoms with van der Waals surface area (Å²) in [6, 6.07) is 16.0. The molecule has 0 unspecified atom stereocenters. The Labute approximate surface area is 141 Å². The van der Waals surface area contributed by atoms with E-state index in [1.807, 2.05) is 37.3 Å². The summed E-state index contributed by atoms with van der Waals surface area (Å²) < 4.78 is 5.15. The van der Waals surface area contributed by atoms with Gasteiger partial charge in [0.15, 0.2) is 0 Å². The van der Waals surface area contributed by atoms with E-state index >= 15 is 0 Å². The zero-order valence-corrected chi connectivity index (χ0v) is 14.2. The van der Waals surface area contributed by atoms with Crippen molar-refractivity contribution in [2.45, 2.75) is 29.7 Å². The molecule has 1 heterocycles. The van der Waals surface area contributed by atoms with Gasteiger partial charge in [-0.1, -0.05) is 42.1 Å². The molecule has 2 aromatic rings. The van der Waals surface area contributed by atoms with Crippen LogP contribution in [0, 0.1) is 18.3 Å². The molecule has 120 valence electrons. The summed E-state index contributed by atoms with van der Waals surface area (Å²) in [6.07, 6.45) is 0.753. The van der Waals surface area contributed by atoms with Crippen LogP contribution >= 0.6 is 11.8 Å². The molecule has 0 spiro atoms. The number of nitrogens with two attached hydrogens (primary N) is 1. The first kappa shape index (κ1) is 17.5. The predicted molar refractivity (Wildman–Crippen MR) is 93.2 cm³/mol. The molecule has 23 heavy (non-hydrogen) atoms. The maximum Gasteiger partial charge on any atom is 0.115 e. The van der Waals surface area contributed by atoms with Crippen molar-refractivity contribution in [1.82, 2.24) is 4.98 Å². The second-order valence-electron chi connectivity index (χ2n) is 5.39. The third kappa shape index (κ3) is 5.07. The van der Waals surface area contributed by atoms with Gasteiger partial charge in [0, 0.05) is 24.1 Å². The van der Waals surface area contributed by atoms with Crippen LogP contribution in [0.4, 0.5) is 0 Å². The lowest BCUT2D eigenvalue weighted by Crippen LogP contribution is -2.27. The molecule has 0 saturated heterocycles. The molecule has 2 rings (SSSR count). The number of nitrogens with zero attached hydrogens (tertiary/aromatic N) is 2. The van der Waals surface area contributed by atoms with Crippen molar-refractivity contribution in [3.8, 4) is 6.07 Å². The van der Waals surface area contributed by atoms with Crippen LogP contribution in [0.25, 0.3) is 0 Å². The lowest BCUT2D eigenvalue weighted by atomic mass is 10.1. The zero-order valence-electron chi connectivity index (χ0n) is 13.4. The lowest BCUT2D eigenvalue weighted by Gasteiger charge is -2.21. The standard InChI is InChI=1S/C18H21N3OS/c1-13-8-9-15(11-19)18(21-13)23-17(10-16(20)12-22-2)14-6-4-3-5-7-14/h3-9,16-17H,10,12,20H2,1-2H3/t16-,17+/m0/s1. The molecule has 0 aliphatic heterocycles. The van der Waals surface area contributed by atoms with Crippen molar-refractivity contribution in [3.63, 3.8) is 0 Å². The first-order valence-corrected chi connectivity index (χ1v) is 8.36. The molecular weight excluding hydrogens is 306 g/mol. The number of pyridine rings is 1. The lowest BCUT2D eigenvalue weighted by molar-refractivity contribution is 0.177. The molecule has 5 heteroatoms. The highest BCUT2D eigenvalue weighted by atomic mass is 32.2. The second kappa shape index (κ2) is 8.68. The quantitative estimate of drug-likeness (QED) is 0.789. The Balaban J connectivity index is 2.28. The SMILES string of the molecule is COC[C@@H](N)C[C@@H](Sc1nc(C)ccc1C#N)c1ccccc1. The van der Waals surface area contributed by atoms with Gasteiger partial charge in [0.05, 0.1) is 12.2 Å². The number of benzene rings is 1. The number of methoxy groups -OCH3 is 1.